The normalized spacial score (nSPS) is 39.4. The Kier molecular flexibility index (Phi) is 3.83. The van der Waals surface area contributed by atoms with Gasteiger partial charge < -0.3 is 5.32 Å². The van der Waals surface area contributed by atoms with E-state index in [4.69, 9.17) is 0 Å². The molecular weight excluding hydrogens is 234 g/mol. The zero-order chi connectivity index (χ0) is 12.5. The zero-order valence-electron chi connectivity index (χ0n) is 11.0. The minimum atomic E-state index is -2.85. The van der Waals surface area contributed by atoms with Crippen molar-refractivity contribution in [3.8, 4) is 0 Å². The summed E-state index contributed by atoms with van der Waals surface area (Å²) in [7, 11) is -2.85. The Morgan fingerprint density at radius 2 is 2.06 bits per heavy atom. The molecule has 1 saturated heterocycles. The van der Waals surface area contributed by atoms with Gasteiger partial charge in [0.1, 0.15) is 9.84 Å². The van der Waals surface area contributed by atoms with Crippen molar-refractivity contribution in [2.75, 3.05) is 12.8 Å². The molecule has 1 N–H and O–H groups in total. The first-order chi connectivity index (χ1) is 7.98. The van der Waals surface area contributed by atoms with Gasteiger partial charge in [-0.2, -0.15) is 0 Å². The summed E-state index contributed by atoms with van der Waals surface area (Å²) in [5, 5.41) is 3.58. The molecule has 17 heavy (non-hydrogen) atoms. The summed E-state index contributed by atoms with van der Waals surface area (Å²) in [6, 6.07) is 0. The average molecular weight is 259 g/mol. The van der Waals surface area contributed by atoms with E-state index >= 15 is 0 Å². The monoisotopic (exact) mass is 259 g/mol. The Labute approximate surface area is 105 Å². The van der Waals surface area contributed by atoms with Crippen LogP contribution in [0.3, 0.4) is 0 Å². The fraction of sp³-hybridized carbons (Fsp3) is 1.00. The molecule has 1 aliphatic heterocycles. The van der Waals surface area contributed by atoms with Crippen molar-refractivity contribution >= 4 is 9.84 Å². The van der Waals surface area contributed by atoms with Gasteiger partial charge >= 0.3 is 0 Å². The molecule has 3 atom stereocenters. The topological polar surface area (TPSA) is 46.2 Å². The van der Waals surface area contributed by atoms with Crippen LogP contribution in [0, 0.1) is 5.92 Å². The summed E-state index contributed by atoms with van der Waals surface area (Å²) in [6.07, 6.45) is 9.03. The van der Waals surface area contributed by atoms with Gasteiger partial charge in [0, 0.05) is 11.8 Å². The lowest BCUT2D eigenvalue weighted by Crippen LogP contribution is -2.49. The molecule has 3 unspecified atom stereocenters. The van der Waals surface area contributed by atoms with Gasteiger partial charge in [-0.1, -0.05) is 13.3 Å². The third kappa shape index (κ3) is 2.68. The van der Waals surface area contributed by atoms with Gasteiger partial charge in [-0.05, 0) is 51.0 Å². The first-order valence-corrected chi connectivity index (χ1v) is 8.87. The van der Waals surface area contributed by atoms with Gasteiger partial charge in [0.05, 0.1) is 5.25 Å². The van der Waals surface area contributed by atoms with Crippen molar-refractivity contribution < 1.29 is 8.42 Å². The van der Waals surface area contributed by atoms with Crippen LogP contribution < -0.4 is 5.32 Å². The van der Waals surface area contributed by atoms with E-state index in [0.29, 0.717) is 5.92 Å². The molecule has 1 heterocycles. The first-order valence-electron chi connectivity index (χ1n) is 6.92. The predicted molar refractivity (Wildman–Crippen MR) is 70.8 cm³/mol. The van der Waals surface area contributed by atoms with Gasteiger partial charge in [-0.25, -0.2) is 8.42 Å². The van der Waals surface area contributed by atoms with E-state index in [1.165, 1.54) is 25.5 Å². The fourth-order valence-electron chi connectivity index (χ4n) is 3.80. The minimum absolute atomic E-state index is 0.0907. The molecule has 0 amide bonds. The van der Waals surface area contributed by atoms with Gasteiger partial charge in [-0.3, -0.25) is 0 Å². The van der Waals surface area contributed by atoms with E-state index in [-0.39, 0.29) is 10.8 Å². The van der Waals surface area contributed by atoms with Crippen LogP contribution in [-0.4, -0.2) is 32.0 Å². The molecule has 2 aliphatic rings. The molecule has 100 valence electrons. The van der Waals surface area contributed by atoms with E-state index in [1.807, 2.05) is 0 Å². The van der Waals surface area contributed by atoms with Crippen molar-refractivity contribution in [2.24, 2.45) is 5.92 Å². The third-order valence-electron chi connectivity index (χ3n) is 4.92. The minimum Gasteiger partial charge on any atom is -0.311 e. The summed E-state index contributed by atoms with van der Waals surface area (Å²) in [5.74, 6) is 0.559. The van der Waals surface area contributed by atoms with Crippen molar-refractivity contribution in [1.82, 2.24) is 5.32 Å². The number of rotatable bonds is 3. The van der Waals surface area contributed by atoms with E-state index < -0.39 is 9.84 Å². The van der Waals surface area contributed by atoms with Gasteiger partial charge in [0.25, 0.3) is 0 Å². The number of nitrogens with one attached hydrogen (secondary N) is 1. The predicted octanol–water partition coefficient (Wildman–Crippen LogP) is 2.12. The van der Waals surface area contributed by atoms with Crippen molar-refractivity contribution in [2.45, 2.75) is 62.7 Å². The molecule has 4 heteroatoms. The maximum Gasteiger partial charge on any atom is 0.150 e. The molecule has 0 aromatic carbocycles. The Morgan fingerprint density at radius 3 is 2.59 bits per heavy atom. The van der Waals surface area contributed by atoms with Crippen LogP contribution in [-0.2, 0) is 9.84 Å². The Morgan fingerprint density at radius 1 is 1.29 bits per heavy atom. The summed E-state index contributed by atoms with van der Waals surface area (Å²) in [5.41, 5.74) is 0.239. The maximum atomic E-state index is 11.7. The van der Waals surface area contributed by atoms with Crippen LogP contribution >= 0.6 is 0 Å². The summed E-state index contributed by atoms with van der Waals surface area (Å²) < 4.78 is 23.4. The standard InChI is InChI=1S/C13H25NO2S/c1-3-13(8-5-9-14-13)11-6-4-7-12(10-11)17(2,15)16/h11-12,14H,3-10H2,1-2H3. The van der Waals surface area contributed by atoms with E-state index in [2.05, 4.69) is 12.2 Å². The lowest BCUT2D eigenvalue weighted by atomic mass is 9.72. The molecule has 0 bridgehead atoms. The second kappa shape index (κ2) is 4.88. The second-order valence-corrected chi connectivity index (χ2v) is 8.18. The van der Waals surface area contributed by atoms with E-state index in [1.54, 1.807) is 0 Å². The lowest BCUT2D eigenvalue weighted by molar-refractivity contribution is 0.177. The smallest absolute Gasteiger partial charge is 0.150 e. The summed E-state index contributed by atoms with van der Waals surface area (Å²) >= 11 is 0. The second-order valence-electron chi connectivity index (χ2n) is 5.86. The lowest BCUT2D eigenvalue weighted by Gasteiger charge is -2.41. The van der Waals surface area contributed by atoms with Crippen LogP contribution in [0.15, 0.2) is 0 Å². The molecule has 2 rings (SSSR count). The summed E-state index contributed by atoms with van der Waals surface area (Å²) in [4.78, 5) is 0. The first kappa shape index (κ1) is 13.3. The molecule has 2 fully saturated rings. The highest BCUT2D eigenvalue weighted by Gasteiger charge is 2.43. The van der Waals surface area contributed by atoms with Crippen molar-refractivity contribution in [1.29, 1.82) is 0 Å². The van der Waals surface area contributed by atoms with Gasteiger partial charge in [0.2, 0.25) is 0 Å². The fourth-order valence-corrected chi connectivity index (χ4v) is 4.98. The molecule has 0 radical (unpaired) electrons. The van der Waals surface area contributed by atoms with Crippen LogP contribution in [0.1, 0.15) is 51.9 Å². The SMILES string of the molecule is CCC1(C2CCCC(S(C)(=O)=O)C2)CCCN1. The van der Waals surface area contributed by atoms with Gasteiger partial charge in [-0.15, -0.1) is 0 Å². The average Bonchev–Trinajstić information content (AvgIpc) is 2.78. The number of hydrogen-bond donors (Lipinski definition) is 1. The van der Waals surface area contributed by atoms with Crippen LogP contribution in [0.5, 0.6) is 0 Å². The summed E-state index contributed by atoms with van der Waals surface area (Å²) in [6.45, 7) is 3.34. The maximum absolute atomic E-state index is 11.7. The largest absolute Gasteiger partial charge is 0.311 e. The Balaban J connectivity index is 2.11. The molecule has 3 nitrogen and oxygen atoms in total. The third-order valence-corrected chi connectivity index (χ3v) is 6.56. The van der Waals surface area contributed by atoms with E-state index in [9.17, 15) is 8.42 Å². The molecule has 0 aromatic heterocycles. The number of hydrogen-bond acceptors (Lipinski definition) is 3. The van der Waals surface area contributed by atoms with Crippen LogP contribution in [0.4, 0.5) is 0 Å². The highest BCUT2D eigenvalue weighted by molar-refractivity contribution is 7.91. The van der Waals surface area contributed by atoms with Crippen LogP contribution in [0.2, 0.25) is 0 Å². The van der Waals surface area contributed by atoms with Gasteiger partial charge in [0.15, 0.2) is 0 Å². The highest BCUT2D eigenvalue weighted by atomic mass is 32.2. The van der Waals surface area contributed by atoms with Crippen molar-refractivity contribution in [3.63, 3.8) is 0 Å². The molecule has 0 spiro atoms. The van der Waals surface area contributed by atoms with Crippen molar-refractivity contribution in [3.05, 3.63) is 0 Å². The Bertz CT molecular complexity index is 358. The Hall–Kier alpha value is -0.0900. The number of sulfone groups is 1. The molecule has 1 saturated carbocycles. The highest BCUT2D eigenvalue weighted by Crippen LogP contribution is 2.41. The van der Waals surface area contributed by atoms with E-state index in [0.717, 1.165) is 32.2 Å². The molecule has 0 aromatic rings. The quantitative estimate of drug-likeness (QED) is 0.844. The van der Waals surface area contributed by atoms with Crippen LogP contribution in [0.25, 0.3) is 0 Å². The molecular formula is C13H25NO2S. The zero-order valence-corrected chi connectivity index (χ0v) is 11.9. The molecule has 1 aliphatic carbocycles.